The zero-order valence-electron chi connectivity index (χ0n) is 10.5. The van der Waals surface area contributed by atoms with Gasteiger partial charge in [0.1, 0.15) is 5.69 Å². The molecule has 1 saturated carbocycles. The van der Waals surface area contributed by atoms with Gasteiger partial charge in [-0.2, -0.15) is 5.10 Å². The van der Waals surface area contributed by atoms with Crippen molar-refractivity contribution in [3.8, 4) is 0 Å². The van der Waals surface area contributed by atoms with Gasteiger partial charge in [-0.3, -0.25) is 9.89 Å². The molecule has 0 spiro atoms. The van der Waals surface area contributed by atoms with Gasteiger partial charge in [0.25, 0.3) is 0 Å². The molecule has 3 N–H and O–H groups in total. The van der Waals surface area contributed by atoms with Gasteiger partial charge in [-0.25, -0.2) is 4.79 Å². The van der Waals surface area contributed by atoms with Crippen molar-refractivity contribution in [1.29, 1.82) is 0 Å². The van der Waals surface area contributed by atoms with E-state index in [0.717, 1.165) is 12.0 Å². The van der Waals surface area contributed by atoms with Crippen LogP contribution >= 0.6 is 0 Å². The fourth-order valence-corrected chi connectivity index (χ4v) is 2.27. The molecule has 0 bridgehead atoms. The highest BCUT2D eigenvalue weighted by Crippen LogP contribution is 2.47. The molecule has 1 amide bonds. The van der Waals surface area contributed by atoms with Gasteiger partial charge in [0.05, 0.1) is 0 Å². The van der Waals surface area contributed by atoms with Crippen LogP contribution in [0, 0.1) is 5.92 Å². The minimum Gasteiger partial charge on any atom is -0.477 e. The number of hydrogen-bond acceptors (Lipinski definition) is 3. The number of anilines is 1. The molecule has 20 heavy (non-hydrogen) atoms. The summed E-state index contributed by atoms with van der Waals surface area (Å²) in [6.07, 6.45) is 0.812. The Morgan fingerprint density at radius 3 is 2.70 bits per heavy atom. The van der Waals surface area contributed by atoms with E-state index in [-0.39, 0.29) is 29.3 Å². The van der Waals surface area contributed by atoms with Crippen molar-refractivity contribution in [2.75, 3.05) is 5.32 Å². The summed E-state index contributed by atoms with van der Waals surface area (Å²) in [5.74, 6) is -0.809. The smallest absolute Gasteiger partial charge is 0.353 e. The van der Waals surface area contributed by atoms with E-state index in [1.165, 1.54) is 6.07 Å². The maximum Gasteiger partial charge on any atom is 0.353 e. The van der Waals surface area contributed by atoms with Crippen LogP contribution < -0.4 is 5.32 Å². The third-order valence-electron chi connectivity index (χ3n) is 3.41. The Morgan fingerprint density at radius 1 is 1.30 bits per heavy atom. The molecular weight excluding hydrogens is 258 g/mol. The van der Waals surface area contributed by atoms with Crippen LogP contribution in [-0.4, -0.2) is 27.2 Å². The van der Waals surface area contributed by atoms with Gasteiger partial charge in [-0.1, -0.05) is 30.3 Å². The second kappa shape index (κ2) is 4.80. The second-order valence-corrected chi connectivity index (χ2v) is 4.82. The highest BCUT2D eigenvalue weighted by Gasteiger charge is 2.43. The highest BCUT2D eigenvalue weighted by molar-refractivity contribution is 5.95. The Kier molecular flexibility index (Phi) is 2.98. The Morgan fingerprint density at radius 2 is 2.05 bits per heavy atom. The van der Waals surface area contributed by atoms with Crippen LogP contribution in [0.5, 0.6) is 0 Å². The number of carbonyl (C=O) groups is 2. The van der Waals surface area contributed by atoms with Crippen LogP contribution in [0.3, 0.4) is 0 Å². The molecule has 1 aromatic carbocycles. The molecule has 2 unspecified atom stereocenters. The summed E-state index contributed by atoms with van der Waals surface area (Å²) in [5.41, 5.74) is 1.11. The van der Waals surface area contributed by atoms with Crippen LogP contribution in [0.15, 0.2) is 36.4 Å². The quantitative estimate of drug-likeness (QED) is 0.790. The number of rotatable bonds is 4. The van der Waals surface area contributed by atoms with Crippen molar-refractivity contribution in [1.82, 2.24) is 10.2 Å². The largest absolute Gasteiger partial charge is 0.477 e. The van der Waals surface area contributed by atoms with Crippen LogP contribution in [0.4, 0.5) is 5.82 Å². The number of carboxylic acids is 1. The number of nitrogens with one attached hydrogen (secondary N) is 2. The van der Waals surface area contributed by atoms with Crippen molar-refractivity contribution in [2.24, 2.45) is 5.92 Å². The number of carboxylic acid groups (broad SMARTS) is 1. The van der Waals surface area contributed by atoms with Gasteiger partial charge in [0.2, 0.25) is 5.91 Å². The van der Waals surface area contributed by atoms with Crippen molar-refractivity contribution in [3.05, 3.63) is 47.7 Å². The maximum atomic E-state index is 12.0. The van der Waals surface area contributed by atoms with Crippen LogP contribution in [0.2, 0.25) is 0 Å². The molecule has 0 saturated heterocycles. The van der Waals surface area contributed by atoms with Gasteiger partial charge in [0, 0.05) is 12.0 Å². The number of aromatic carboxylic acids is 1. The lowest BCUT2D eigenvalue weighted by Crippen LogP contribution is -2.14. The van der Waals surface area contributed by atoms with E-state index < -0.39 is 5.97 Å². The molecule has 1 heterocycles. The molecule has 2 aromatic rings. The number of amides is 1. The van der Waals surface area contributed by atoms with Crippen LogP contribution in [-0.2, 0) is 4.79 Å². The van der Waals surface area contributed by atoms with Crippen molar-refractivity contribution in [2.45, 2.75) is 12.3 Å². The Hall–Kier alpha value is -2.63. The summed E-state index contributed by atoms with van der Waals surface area (Å²) >= 11 is 0. The summed E-state index contributed by atoms with van der Waals surface area (Å²) in [7, 11) is 0. The minimum atomic E-state index is -1.11. The molecule has 1 aliphatic carbocycles. The molecular formula is C14H13N3O3. The second-order valence-electron chi connectivity index (χ2n) is 4.82. The molecule has 0 aliphatic heterocycles. The lowest BCUT2D eigenvalue weighted by atomic mass is 10.1. The maximum absolute atomic E-state index is 12.0. The van der Waals surface area contributed by atoms with E-state index in [4.69, 9.17) is 5.11 Å². The summed E-state index contributed by atoms with van der Waals surface area (Å²) in [6.45, 7) is 0. The number of aromatic amines is 1. The summed E-state index contributed by atoms with van der Waals surface area (Å²) in [5, 5.41) is 17.5. The van der Waals surface area contributed by atoms with E-state index >= 15 is 0 Å². The number of H-pyrrole nitrogens is 1. The molecule has 6 nitrogen and oxygen atoms in total. The predicted octanol–water partition coefficient (Wildman–Crippen LogP) is 1.85. The Balaban J connectivity index is 1.62. The number of carbonyl (C=O) groups excluding carboxylic acids is 1. The highest BCUT2D eigenvalue weighted by atomic mass is 16.4. The molecule has 2 atom stereocenters. The van der Waals surface area contributed by atoms with Gasteiger partial charge in [0.15, 0.2) is 5.82 Å². The van der Waals surface area contributed by atoms with E-state index in [9.17, 15) is 9.59 Å². The Bertz CT molecular complexity index is 651. The van der Waals surface area contributed by atoms with Crippen molar-refractivity contribution >= 4 is 17.7 Å². The number of benzene rings is 1. The summed E-state index contributed by atoms with van der Waals surface area (Å²) in [6, 6.07) is 11.2. The van der Waals surface area contributed by atoms with Crippen LogP contribution in [0.25, 0.3) is 0 Å². The van der Waals surface area contributed by atoms with E-state index in [2.05, 4.69) is 15.5 Å². The number of nitrogens with zero attached hydrogens (tertiary/aromatic N) is 1. The minimum absolute atomic E-state index is 0.0456. The molecule has 1 aromatic heterocycles. The lowest BCUT2D eigenvalue weighted by molar-refractivity contribution is -0.117. The molecule has 0 radical (unpaired) electrons. The van der Waals surface area contributed by atoms with E-state index in [1.54, 1.807) is 0 Å². The standard InChI is InChI=1S/C14H13N3O3/c18-13(15-12-7-11(14(19)20)16-17-12)10-6-9(10)8-4-2-1-3-5-8/h1-5,7,9-10H,6H2,(H,19,20)(H2,15,16,17,18). The average Bonchev–Trinajstić information content (AvgIpc) is 3.12. The lowest BCUT2D eigenvalue weighted by Gasteiger charge is -2.01. The third-order valence-corrected chi connectivity index (χ3v) is 3.41. The van der Waals surface area contributed by atoms with Gasteiger partial charge >= 0.3 is 5.97 Å². The number of hydrogen-bond donors (Lipinski definition) is 3. The monoisotopic (exact) mass is 271 g/mol. The molecule has 3 rings (SSSR count). The van der Waals surface area contributed by atoms with Gasteiger partial charge < -0.3 is 10.4 Å². The zero-order valence-corrected chi connectivity index (χ0v) is 10.5. The average molecular weight is 271 g/mol. The first-order valence-corrected chi connectivity index (χ1v) is 6.29. The molecule has 102 valence electrons. The van der Waals surface area contributed by atoms with Crippen molar-refractivity contribution < 1.29 is 14.7 Å². The van der Waals surface area contributed by atoms with Crippen LogP contribution in [0.1, 0.15) is 28.4 Å². The normalized spacial score (nSPS) is 20.4. The topological polar surface area (TPSA) is 95.1 Å². The first-order valence-electron chi connectivity index (χ1n) is 6.29. The number of aromatic nitrogens is 2. The predicted molar refractivity (Wildman–Crippen MR) is 71.5 cm³/mol. The zero-order chi connectivity index (χ0) is 14.1. The molecule has 1 fully saturated rings. The SMILES string of the molecule is O=C(O)c1cc(NC(=O)C2CC2c2ccccc2)n[nH]1. The van der Waals surface area contributed by atoms with E-state index in [1.807, 2.05) is 30.3 Å². The Labute approximate surface area is 114 Å². The third kappa shape index (κ3) is 2.40. The summed E-state index contributed by atoms with van der Waals surface area (Å²) < 4.78 is 0. The van der Waals surface area contributed by atoms with Crippen molar-refractivity contribution in [3.63, 3.8) is 0 Å². The molecule has 6 heteroatoms. The fraction of sp³-hybridized carbons (Fsp3) is 0.214. The van der Waals surface area contributed by atoms with Gasteiger partial charge in [-0.05, 0) is 17.9 Å². The first-order chi connectivity index (χ1) is 9.65. The summed E-state index contributed by atoms with van der Waals surface area (Å²) in [4.78, 5) is 22.7. The first kappa shape index (κ1) is 12.4. The fourth-order valence-electron chi connectivity index (χ4n) is 2.27. The van der Waals surface area contributed by atoms with Gasteiger partial charge in [-0.15, -0.1) is 0 Å². The molecule has 1 aliphatic rings. The van der Waals surface area contributed by atoms with E-state index in [0.29, 0.717) is 0 Å².